The van der Waals surface area contributed by atoms with Crippen LogP contribution in [-0.4, -0.2) is 35.4 Å². The number of amides is 1. The molecule has 0 spiro atoms. The van der Waals surface area contributed by atoms with E-state index in [1.165, 1.54) is 17.0 Å². The van der Waals surface area contributed by atoms with Crippen molar-refractivity contribution < 1.29 is 9.72 Å². The summed E-state index contributed by atoms with van der Waals surface area (Å²) in [5, 5.41) is 13.6. The predicted octanol–water partition coefficient (Wildman–Crippen LogP) is 0.534. The molecule has 0 atom stereocenters. The van der Waals surface area contributed by atoms with E-state index in [2.05, 4.69) is 10.3 Å². The van der Waals surface area contributed by atoms with Crippen molar-refractivity contribution in [3.05, 3.63) is 22.2 Å². The molecule has 0 fully saturated rings. The average molecular weight is 267 g/mol. The van der Waals surface area contributed by atoms with Crippen molar-refractivity contribution in [2.75, 3.05) is 30.3 Å². The zero-order valence-corrected chi connectivity index (χ0v) is 10.9. The Labute approximate surface area is 110 Å². The van der Waals surface area contributed by atoms with Gasteiger partial charge in [0, 0.05) is 19.2 Å². The van der Waals surface area contributed by atoms with E-state index >= 15 is 0 Å². The van der Waals surface area contributed by atoms with Gasteiger partial charge < -0.3 is 16.0 Å². The summed E-state index contributed by atoms with van der Waals surface area (Å²) < 4.78 is 0. The van der Waals surface area contributed by atoms with Gasteiger partial charge in [-0.1, -0.05) is 0 Å². The Balaban J connectivity index is 3.06. The minimum absolute atomic E-state index is 0.00162. The minimum atomic E-state index is -0.540. The third-order valence-corrected chi connectivity index (χ3v) is 2.46. The summed E-state index contributed by atoms with van der Waals surface area (Å²) in [5.41, 5.74) is 5.38. The highest BCUT2D eigenvalue weighted by Gasteiger charge is 2.22. The van der Waals surface area contributed by atoms with Crippen LogP contribution in [-0.2, 0) is 4.79 Å². The normalized spacial score (nSPS) is 10.0. The first-order chi connectivity index (χ1) is 8.99. The van der Waals surface area contributed by atoms with Crippen LogP contribution in [0, 0.1) is 10.1 Å². The summed E-state index contributed by atoms with van der Waals surface area (Å²) in [4.78, 5) is 27.5. The number of hydrogen-bond acceptors (Lipinski definition) is 6. The number of nitrogens with one attached hydrogen (secondary N) is 1. The van der Waals surface area contributed by atoms with Gasteiger partial charge >= 0.3 is 5.69 Å². The third-order valence-electron chi connectivity index (χ3n) is 2.46. The van der Waals surface area contributed by atoms with Crippen LogP contribution >= 0.6 is 0 Å². The number of carbonyl (C=O) groups excluding carboxylic acids is 1. The van der Waals surface area contributed by atoms with E-state index in [-0.39, 0.29) is 29.8 Å². The highest BCUT2D eigenvalue weighted by atomic mass is 16.6. The maximum atomic E-state index is 11.6. The van der Waals surface area contributed by atoms with Crippen LogP contribution in [0.15, 0.2) is 12.1 Å². The Bertz CT molecular complexity index is 477. The van der Waals surface area contributed by atoms with Crippen molar-refractivity contribution >= 4 is 23.2 Å². The van der Waals surface area contributed by atoms with Crippen molar-refractivity contribution in [1.29, 1.82) is 0 Å². The monoisotopic (exact) mass is 267 g/mol. The SMILES string of the molecule is CCNC(=O)CN(CC)c1nc(N)ccc1[N+](=O)[O-]. The maximum Gasteiger partial charge on any atom is 0.311 e. The smallest absolute Gasteiger partial charge is 0.311 e. The molecule has 1 aromatic rings. The lowest BCUT2D eigenvalue weighted by Crippen LogP contribution is -2.37. The molecule has 0 aliphatic rings. The molecule has 0 aliphatic carbocycles. The van der Waals surface area contributed by atoms with Crippen molar-refractivity contribution in [2.45, 2.75) is 13.8 Å². The van der Waals surface area contributed by atoms with Crippen LogP contribution in [0.5, 0.6) is 0 Å². The van der Waals surface area contributed by atoms with Crippen molar-refractivity contribution in [2.24, 2.45) is 0 Å². The molecular formula is C11H17N5O3. The van der Waals surface area contributed by atoms with E-state index < -0.39 is 4.92 Å². The molecule has 0 radical (unpaired) electrons. The van der Waals surface area contributed by atoms with Gasteiger partial charge in [0.25, 0.3) is 0 Å². The number of carbonyl (C=O) groups is 1. The fourth-order valence-corrected chi connectivity index (χ4v) is 1.59. The molecule has 8 heteroatoms. The summed E-state index contributed by atoms with van der Waals surface area (Å²) in [6.07, 6.45) is 0. The summed E-state index contributed by atoms with van der Waals surface area (Å²) in [6, 6.07) is 2.65. The van der Waals surface area contributed by atoms with E-state index in [1.807, 2.05) is 0 Å². The lowest BCUT2D eigenvalue weighted by atomic mass is 10.3. The van der Waals surface area contributed by atoms with Crippen LogP contribution in [0.2, 0.25) is 0 Å². The Hall–Kier alpha value is -2.38. The lowest BCUT2D eigenvalue weighted by Gasteiger charge is -2.21. The fourth-order valence-electron chi connectivity index (χ4n) is 1.59. The third kappa shape index (κ3) is 3.80. The highest BCUT2D eigenvalue weighted by Crippen LogP contribution is 2.26. The standard InChI is InChI=1S/C11H17N5O3/c1-3-13-10(17)7-15(4-2)11-8(16(18)19)5-6-9(12)14-11/h5-6H,3-4,7H2,1-2H3,(H2,12,14)(H,13,17). The number of pyridine rings is 1. The van der Waals surface area contributed by atoms with E-state index in [1.54, 1.807) is 13.8 Å². The number of nitrogen functional groups attached to an aromatic ring is 1. The number of nitrogens with two attached hydrogens (primary N) is 1. The molecule has 0 saturated carbocycles. The van der Waals surface area contributed by atoms with Crippen LogP contribution in [0.4, 0.5) is 17.3 Å². The van der Waals surface area contributed by atoms with Gasteiger partial charge in [0.05, 0.1) is 11.5 Å². The predicted molar refractivity (Wildman–Crippen MR) is 71.9 cm³/mol. The average Bonchev–Trinajstić information content (AvgIpc) is 2.35. The molecule has 0 saturated heterocycles. The Morgan fingerprint density at radius 3 is 2.74 bits per heavy atom. The van der Waals surface area contributed by atoms with Crippen LogP contribution < -0.4 is 16.0 Å². The molecule has 0 aliphatic heterocycles. The quantitative estimate of drug-likeness (QED) is 0.574. The first-order valence-electron chi connectivity index (χ1n) is 5.92. The first kappa shape index (κ1) is 14.7. The van der Waals surface area contributed by atoms with Crippen molar-refractivity contribution in [1.82, 2.24) is 10.3 Å². The highest BCUT2D eigenvalue weighted by molar-refractivity contribution is 5.82. The molecule has 104 valence electrons. The number of nitrogens with zero attached hydrogens (tertiary/aromatic N) is 3. The second-order valence-electron chi connectivity index (χ2n) is 3.80. The largest absolute Gasteiger partial charge is 0.384 e. The first-order valence-corrected chi connectivity index (χ1v) is 5.92. The fraction of sp³-hybridized carbons (Fsp3) is 0.455. The second kappa shape index (κ2) is 6.53. The molecule has 1 heterocycles. The zero-order valence-electron chi connectivity index (χ0n) is 10.9. The molecule has 3 N–H and O–H groups in total. The molecular weight excluding hydrogens is 250 g/mol. The molecule has 0 unspecified atom stereocenters. The molecule has 1 rings (SSSR count). The summed E-state index contributed by atoms with van der Waals surface area (Å²) in [7, 11) is 0. The molecule has 0 aromatic carbocycles. The van der Waals surface area contributed by atoms with Gasteiger partial charge in [0.2, 0.25) is 11.7 Å². The van der Waals surface area contributed by atoms with E-state index in [4.69, 9.17) is 5.73 Å². The van der Waals surface area contributed by atoms with Gasteiger partial charge in [-0.15, -0.1) is 0 Å². The van der Waals surface area contributed by atoms with Crippen molar-refractivity contribution in [3.63, 3.8) is 0 Å². The zero-order chi connectivity index (χ0) is 14.4. The van der Waals surface area contributed by atoms with Crippen LogP contribution in [0.25, 0.3) is 0 Å². The molecule has 1 amide bonds. The van der Waals surface area contributed by atoms with Gasteiger partial charge in [-0.2, -0.15) is 0 Å². The number of hydrogen-bond donors (Lipinski definition) is 2. The lowest BCUT2D eigenvalue weighted by molar-refractivity contribution is -0.384. The Morgan fingerprint density at radius 2 is 2.21 bits per heavy atom. The number of rotatable bonds is 6. The van der Waals surface area contributed by atoms with Crippen LogP contribution in [0.3, 0.4) is 0 Å². The van der Waals surface area contributed by atoms with Gasteiger partial charge in [-0.3, -0.25) is 14.9 Å². The van der Waals surface area contributed by atoms with Gasteiger partial charge in [0.1, 0.15) is 5.82 Å². The number of anilines is 2. The number of nitro groups is 1. The molecule has 1 aromatic heterocycles. The summed E-state index contributed by atoms with van der Waals surface area (Å²) in [5.74, 6) is 0.0663. The number of aromatic nitrogens is 1. The van der Waals surface area contributed by atoms with Gasteiger partial charge in [0.15, 0.2) is 0 Å². The minimum Gasteiger partial charge on any atom is -0.384 e. The summed E-state index contributed by atoms with van der Waals surface area (Å²) in [6.45, 7) is 4.50. The van der Waals surface area contributed by atoms with E-state index in [0.717, 1.165) is 0 Å². The molecule has 0 bridgehead atoms. The Morgan fingerprint density at radius 1 is 1.53 bits per heavy atom. The topological polar surface area (TPSA) is 114 Å². The van der Waals surface area contributed by atoms with Gasteiger partial charge in [-0.25, -0.2) is 4.98 Å². The van der Waals surface area contributed by atoms with E-state index in [0.29, 0.717) is 13.1 Å². The van der Waals surface area contributed by atoms with Gasteiger partial charge in [-0.05, 0) is 19.9 Å². The molecule has 8 nitrogen and oxygen atoms in total. The second-order valence-corrected chi connectivity index (χ2v) is 3.80. The Kier molecular flexibility index (Phi) is 5.04. The van der Waals surface area contributed by atoms with Crippen molar-refractivity contribution in [3.8, 4) is 0 Å². The summed E-state index contributed by atoms with van der Waals surface area (Å²) >= 11 is 0. The molecule has 19 heavy (non-hydrogen) atoms. The number of likely N-dealkylation sites (N-methyl/N-ethyl adjacent to an activating group) is 2. The van der Waals surface area contributed by atoms with Crippen LogP contribution in [0.1, 0.15) is 13.8 Å². The van der Waals surface area contributed by atoms with E-state index in [9.17, 15) is 14.9 Å². The maximum absolute atomic E-state index is 11.6.